The molecule has 0 spiro atoms. The van der Waals surface area contributed by atoms with Crippen LogP contribution in [0.3, 0.4) is 0 Å². The molecule has 2 bridgehead atoms. The first-order valence-corrected chi connectivity index (χ1v) is 13.8. The van der Waals surface area contributed by atoms with Gasteiger partial charge in [-0.05, 0) is 72.0 Å². The lowest BCUT2D eigenvalue weighted by atomic mass is 9.94. The quantitative estimate of drug-likeness (QED) is 0.235. The summed E-state index contributed by atoms with van der Waals surface area (Å²) in [6.45, 7) is 0. The summed E-state index contributed by atoms with van der Waals surface area (Å²) >= 11 is 0. The van der Waals surface area contributed by atoms with Crippen LogP contribution in [0.5, 0.6) is 0 Å². The minimum atomic E-state index is 0.376. The van der Waals surface area contributed by atoms with E-state index in [0.717, 1.165) is 12.8 Å². The number of rotatable bonds is 3. The second kappa shape index (κ2) is 8.89. The maximum atomic E-state index is 2.51. The molecule has 5 aromatic carbocycles. The summed E-state index contributed by atoms with van der Waals surface area (Å²) in [5.74, 6) is 0. The normalized spacial score (nSPS) is 16.3. The Morgan fingerprint density at radius 3 is 1.85 bits per heavy atom. The number of hydrogen-bond acceptors (Lipinski definition) is 1. The third-order valence-electron chi connectivity index (χ3n) is 8.29. The molecular formula is C37H28N2. The highest BCUT2D eigenvalue weighted by Crippen LogP contribution is 2.42. The molecule has 2 aliphatic rings. The largest absolute Gasteiger partial charge is 0.334 e. The van der Waals surface area contributed by atoms with E-state index >= 15 is 0 Å². The molecule has 186 valence electrons. The number of para-hydroxylation sites is 3. The number of benzene rings is 5. The van der Waals surface area contributed by atoms with Crippen molar-refractivity contribution < 1.29 is 0 Å². The van der Waals surface area contributed by atoms with Gasteiger partial charge in [-0.1, -0.05) is 97.1 Å². The van der Waals surface area contributed by atoms with Gasteiger partial charge in [-0.25, -0.2) is 0 Å². The number of fused-ring (bicyclic) bond motifs is 6. The summed E-state index contributed by atoms with van der Waals surface area (Å²) in [4.78, 5) is 2.51. The van der Waals surface area contributed by atoms with Gasteiger partial charge in [-0.2, -0.15) is 0 Å². The first kappa shape index (κ1) is 22.2. The van der Waals surface area contributed by atoms with Crippen LogP contribution in [0.1, 0.15) is 18.4 Å². The monoisotopic (exact) mass is 500 g/mol. The number of allylic oxidation sites excluding steroid dienone is 3. The molecule has 0 radical (unpaired) electrons. The molecule has 0 saturated carbocycles. The molecular weight excluding hydrogens is 472 g/mol. The highest BCUT2D eigenvalue weighted by Gasteiger charge is 2.27. The van der Waals surface area contributed by atoms with Crippen molar-refractivity contribution in [2.24, 2.45) is 0 Å². The average Bonchev–Trinajstić information content (AvgIpc) is 3.19. The third-order valence-corrected chi connectivity index (χ3v) is 8.29. The second-order valence-electron chi connectivity index (χ2n) is 10.5. The third kappa shape index (κ3) is 3.56. The van der Waals surface area contributed by atoms with E-state index in [1.54, 1.807) is 0 Å². The maximum absolute atomic E-state index is 2.51. The van der Waals surface area contributed by atoms with E-state index in [-0.39, 0.29) is 0 Å². The fourth-order valence-corrected chi connectivity index (χ4v) is 6.46. The summed E-state index contributed by atoms with van der Waals surface area (Å²) < 4.78 is 2.37. The fourth-order valence-electron chi connectivity index (χ4n) is 6.46. The van der Waals surface area contributed by atoms with E-state index in [2.05, 4.69) is 149 Å². The van der Waals surface area contributed by atoms with Crippen molar-refractivity contribution >= 4 is 38.8 Å². The molecule has 2 heterocycles. The molecule has 1 unspecified atom stereocenters. The zero-order valence-corrected chi connectivity index (χ0v) is 21.7. The zero-order chi connectivity index (χ0) is 25.8. The Morgan fingerprint density at radius 2 is 1.15 bits per heavy atom. The standard InChI is InChI=1S/C37H28N2/c1-2-10-31-25-28(9-1)32-11-3-6-14-35(32)38(31)29-21-17-26(18-22-29)27-19-23-30(24-20-27)39-36-15-7-4-12-33(36)34-13-5-8-16-37(34)39/h1,3-9,11-25,31H,2,10H2. The number of hydrogen-bond donors (Lipinski definition) is 0. The van der Waals surface area contributed by atoms with Gasteiger partial charge >= 0.3 is 0 Å². The second-order valence-corrected chi connectivity index (χ2v) is 10.5. The van der Waals surface area contributed by atoms with Gasteiger partial charge in [0.2, 0.25) is 0 Å². The van der Waals surface area contributed by atoms with Gasteiger partial charge in [-0.3, -0.25) is 0 Å². The van der Waals surface area contributed by atoms with Crippen LogP contribution < -0.4 is 4.90 Å². The molecule has 0 N–H and O–H groups in total. The SMILES string of the molecule is C1=CC2=CC(CC1)N(c1ccc(-c3ccc(-n4c5ccccc5c5ccccc54)cc3)cc1)c1ccccc12. The van der Waals surface area contributed by atoms with E-state index in [1.165, 1.54) is 61.1 Å². The predicted molar refractivity (Wildman–Crippen MR) is 165 cm³/mol. The molecule has 1 aromatic heterocycles. The first-order chi connectivity index (χ1) is 19.3. The van der Waals surface area contributed by atoms with Crippen molar-refractivity contribution in [1.82, 2.24) is 4.57 Å². The van der Waals surface area contributed by atoms with Gasteiger partial charge in [0.05, 0.1) is 17.1 Å². The zero-order valence-electron chi connectivity index (χ0n) is 21.7. The van der Waals surface area contributed by atoms with Gasteiger partial charge in [-0.15, -0.1) is 0 Å². The molecule has 39 heavy (non-hydrogen) atoms. The van der Waals surface area contributed by atoms with Crippen LogP contribution in [0.25, 0.3) is 44.2 Å². The number of aromatic nitrogens is 1. The topological polar surface area (TPSA) is 8.17 Å². The molecule has 2 heteroatoms. The van der Waals surface area contributed by atoms with Gasteiger partial charge in [0, 0.05) is 33.4 Å². The lowest BCUT2D eigenvalue weighted by Gasteiger charge is -2.37. The van der Waals surface area contributed by atoms with Gasteiger partial charge in [0.1, 0.15) is 0 Å². The lowest BCUT2D eigenvalue weighted by molar-refractivity contribution is 0.710. The van der Waals surface area contributed by atoms with Crippen LogP contribution in [0.4, 0.5) is 11.4 Å². The minimum Gasteiger partial charge on any atom is -0.334 e. The highest BCUT2D eigenvalue weighted by atomic mass is 15.2. The summed E-state index contributed by atoms with van der Waals surface area (Å²) in [6, 6.07) is 44.6. The summed E-state index contributed by atoms with van der Waals surface area (Å²) in [7, 11) is 0. The van der Waals surface area contributed by atoms with E-state index in [0.29, 0.717) is 6.04 Å². The number of nitrogens with zero attached hydrogens (tertiary/aromatic N) is 2. The van der Waals surface area contributed by atoms with Crippen LogP contribution in [0.2, 0.25) is 0 Å². The van der Waals surface area contributed by atoms with Crippen LogP contribution in [0, 0.1) is 0 Å². The molecule has 1 aliphatic heterocycles. The average molecular weight is 501 g/mol. The van der Waals surface area contributed by atoms with E-state index in [9.17, 15) is 0 Å². The van der Waals surface area contributed by atoms with Crippen molar-refractivity contribution in [2.75, 3.05) is 4.90 Å². The van der Waals surface area contributed by atoms with E-state index in [4.69, 9.17) is 0 Å². The molecule has 1 atom stereocenters. The Kier molecular flexibility index (Phi) is 5.06. The van der Waals surface area contributed by atoms with Crippen molar-refractivity contribution in [3.8, 4) is 16.8 Å². The first-order valence-electron chi connectivity index (χ1n) is 13.8. The maximum Gasteiger partial charge on any atom is 0.0541 e. The van der Waals surface area contributed by atoms with Gasteiger partial charge in [0.25, 0.3) is 0 Å². The van der Waals surface area contributed by atoms with Crippen LogP contribution in [-0.4, -0.2) is 10.6 Å². The van der Waals surface area contributed by atoms with Crippen molar-refractivity contribution in [3.63, 3.8) is 0 Å². The van der Waals surface area contributed by atoms with E-state index in [1.807, 2.05) is 0 Å². The molecule has 1 aliphatic carbocycles. The lowest BCUT2D eigenvalue weighted by Crippen LogP contribution is -2.32. The van der Waals surface area contributed by atoms with E-state index < -0.39 is 0 Å². The van der Waals surface area contributed by atoms with Crippen molar-refractivity contribution in [1.29, 1.82) is 0 Å². The summed E-state index contributed by atoms with van der Waals surface area (Å²) in [5.41, 5.74) is 11.3. The molecule has 2 nitrogen and oxygen atoms in total. The molecule has 0 saturated heterocycles. The minimum absolute atomic E-state index is 0.376. The Balaban J connectivity index is 1.14. The summed E-state index contributed by atoms with van der Waals surface area (Å²) in [5, 5.41) is 2.58. The van der Waals surface area contributed by atoms with Gasteiger partial charge < -0.3 is 9.47 Å². The van der Waals surface area contributed by atoms with Crippen LogP contribution in [-0.2, 0) is 0 Å². The Bertz CT molecular complexity index is 1850. The van der Waals surface area contributed by atoms with Crippen LogP contribution in [0.15, 0.2) is 140 Å². The number of anilines is 2. The highest BCUT2D eigenvalue weighted by molar-refractivity contribution is 6.09. The van der Waals surface area contributed by atoms with Crippen LogP contribution >= 0.6 is 0 Å². The van der Waals surface area contributed by atoms with Crippen molar-refractivity contribution in [2.45, 2.75) is 18.9 Å². The summed E-state index contributed by atoms with van der Waals surface area (Å²) in [6.07, 6.45) is 9.28. The molecule has 8 rings (SSSR count). The smallest absolute Gasteiger partial charge is 0.0541 e. The molecule has 6 aromatic rings. The Labute approximate surface area is 228 Å². The Hall–Kier alpha value is -4.82. The Morgan fingerprint density at radius 1 is 0.564 bits per heavy atom. The fraction of sp³-hybridized carbons (Fsp3) is 0.0811. The predicted octanol–water partition coefficient (Wildman–Crippen LogP) is 9.70. The van der Waals surface area contributed by atoms with Gasteiger partial charge in [0.15, 0.2) is 0 Å². The molecule has 0 fully saturated rings. The molecule has 0 amide bonds. The van der Waals surface area contributed by atoms with Crippen molar-refractivity contribution in [3.05, 3.63) is 145 Å².